The van der Waals surface area contributed by atoms with Crippen LogP contribution in [-0.2, 0) is 28.6 Å². The summed E-state index contributed by atoms with van der Waals surface area (Å²) in [6.45, 7) is 6.30. The molecule has 0 fully saturated rings. The minimum Gasteiger partial charge on any atom is -0.462 e. The van der Waals surface area contributed by atoms with Crippen LogP contribution in [0.4, 0.5) is 0 Å². The van der Waals surface area contributed by atoms with E-state index in [1.165, 1.54) is 57.8 Å². The molecule has 1 unspecified atom stereocenters. The summed E-state index contributed by atoms with van der Waals surface area (Å²) in [7, 11) is 0. The number of hydrogen-bond donors (Lipinski definition) is 0. The first-order valence-electron chi connectivity index (χ1n) is 28.8. The third kappa shape index (κ3) is 56.2. The molecule has 1 atom stereocenters. The van der Waals surface area contributed by atoms with Crippen molar-refractivity contribution >= 4 is 17.9 Å². The van der Waals surface area contributed by atoms with Gasteiger partial charge in [-0.2, -0.15) is 0 Å². The van der Waals surface area contributed by atoms with Gasteiger partial charge in [-0.15, -0.1) is 0 Å². The molecule has 0 amide bonds. The molecule has 72 heavy (non-hydrogen) atoms. The molecule has 0 aliphatic heterocycles. The van der Waals surface area contributed by atoms with Crippen molar-refractivity contribution in [3.8, 4) is 0 Å². The Bertz CT molecular complexity index is 1610. The Kier molecular flexibility index (Phi) is 55.0. The van der Waals surface area contributed by atoms with Crippen molar-refractivity contribution in [3.63, 3.8) is 0 Å². The van der Waals surface area contributed by atoms with Crippen molar-refractivity contribution in [1.29, 1.82) is 0 Å². The molecule has 0 aromatic rings. The maximum absolute atomic E-state index is 12.9. The molecule has 0 saturated heterocycles. The molecule has 404 valence electrons. The normalized spacial score (nSPS) is 13.2. The number of esters is 3. The highest BCUT2D eigenvalue weighted by molar-refractivity contribution is 5.71. The molecule has 0 bridgehead atoms. The zero-order valence-electron chi connectivity index (χ0n) is 46.1. The van der Waals surface area contributed by atoms with Crippen LogP contribution in [0, 0.1) is 0 Å². The van der Waals surface area contributed by atoms with Crippen molar-refractivity contribution in [2.24, 2.45) is 0 Å². The van der Waals surface area contributed by atoms with Crippen LogP contribution in [0.1, 0.15) is 233 Å². The molecule has 0 spiro atoms. The lowest BCUT2D eigenvalue weighted by Crippen LogP contribution is -2.30. The van der Waals surface area contributed by atoms with E-state index in [4.69, 9.17) is 14.2 Å². The number of hydrogen-bond acceptors (Lipinski definition) is 6. The van der Waals surface area contributed by atoms with Gasteiger partial charge in [0.05, 0.1) is 0 Å². The number of rotatable bonds is 50. The molecule has 0 radical (unpaired) electrons. The Labute approximate surface area is 442 Å². The number of carbonyl (C=O) groups is 3. The van der Waals surface area contributed by atoms with E-state index in [1.807, 2.05) is 12.2 Å². The minimum absolute atomic E-state index is 0.125. The monoisotopic (exact) mass is 993 g/mol. The van der Waals surface area contributed by atoms with Crippen LogP contribution in [0.5, 0.6) is 0 Å². The zero-order chi connectivity index (χ0) is 52.2. The highest BCUT2D eigenvalue weighted by Gasteiger charge is 2.19. The van der Waals surface area contributed by atoms with Crippen molar-refractivity contribution in [2.45, 2.75) is 239 Å². The van der Waals surface area contributed by atoms with E-state index in [0.29, 0.717) is 19.3 Å². The lowest BCUT2D eigenvalue weighted by Gasteiger charge is -2.18. The van der Waals surface area contributed by atoms with E-state index >= 15 is 0 Å². The van der Waals surface area contributed by atoms with Crippen LogP contribution in [0.25, 0.3) is 0 Å². The average molecular weight is 994 g/mol. The fourth-order valence-electron chi connectivity index (χ4n) is 7.31. The van der Waals surface area contributed by atoms with Gasteiger partial charge in [0.25, 0.3) is 0 Å². The van der Waals surface area contributed by atoms with E-state index in [1.54, 1.807) is 0 Å². The SMILES string of the molecule is CC/C=C\C/C=C\C/C=C\C/C=C\C/C=C\C/C=C\CCC(=O)OCC(COC(=O)CCCCCCC/C=C\CCCCCCCCC)OC(=O)CCCCC/C=C\C/C=C\C/C=C\C/C=C\C/C=C\CC. The van der Waals surface area contributed by atoms with Crippen LogP contribution >= 0.6 is 0 Å². The Morgan fingerprint density at radius 1 is 0.292 bits per heavy atom. The van der Waals surface area contributed by atoms with Gasteiger partial charge in [0.1, 0.15) is 13.2 Å². The molecule has 0 aliphatic carbocycles. The molecule has 0 aromatic heterocycles. The second kappa shape index (κ2) is 58.9. The van der Waals surface area contributed by atoms with E-state index in [-0.39, 0.29) is 44.0 Å². The molecule has 6 nitrogen and oxygen atoms in total. The first-order chi connectivity index (χ1) is 35.5. The Morgan fingerprint density at radius 2 is 0.569 bits per heavy atom. The summed E-state index contributed by atoms with van der Waals surface area (Å²) in [4.78, 5) is 38.2. The van der Waals surface area contributed by atoms with E-state index in [9.17, 15) is 14.4 Å². The van der Waals surface area contributed by atoms with Gasteiger partial charge in [-0.05, 0) is 128 Å². The molecule has 6 heteroatoms. The van der Waals surface area contributed by atoms with Crippen LogP contribution < -0.4 is 0 Å². The van der Waals surface area contributed by atoms with E-state index in [0.717, 1.165) is 122 Å². The smallest absolute Gasteiger partial charge is 0.306 e. The number of allylic oxidation sites excluding steroid dienone is 24. The van der Waals surface area contributed by atoms with Gasteiger partial charge in [-0.1, -0.05) is 231 Å². The van der Waals surface area contributed by atoms with Crippen LogP contribution in [0.15, 0.2) is 146 Å². The molecular weight excluding hydrogens is 889 g/mol. The van der Waals surface area contributed by atoms with Gasteiger partial charge in [0.15, 0.2) is 6.10 Å². The maximum atomic E-state index is 12.9. The van der Waals surface area contributed by atoms with Crippen molar-refractivity contribution in [2.75, 3.05) is 13.2 Å². The summed E-state index contributed by atoms with van der Waals surface area (Å²) in [6.07, 6.45) is 84.2. The second-order valence-electron chi connectivity index (χ2n) is 18.4. The van der Waals surface area contributed by atoms with Gasteiger partial charge < -0.3 is 14.2 Å². The zero-order valence-corrected chi connectivity index (χ0v) is 46.1. The second-order valence-corrected chi connectivity index (χ2v) is 18.4. The van der Waals surface area contributed by atoms with Gasteiger partial charge in [0.2, 0.25) is 0 Å². The number of unbranched alkanes of at least 4 members (excludes halogenated alkanes) is 15. The Hall–Kier alpha value is -4.71. The van der Waals surface area contributed by atoms with Gasteiger partial charge >= 0.3 is 17.9 Å². The third-order valence-corrected chi connectivity index (χ3v) is 11.6. The summed E-state index contributed by atoms with van der Waals surface area (Å²) < 4.78 is 16.8. The summed E-state index contributed by atoms with van der Waals surface area (Å²) in [5.41, 5.74) is 0. The molecule has 0 heterocycles. The third-order valence-electron chi connectivity index (χ3n) is 11.6. The largest absolute Gasteiger partial charge is 0.462 e. The molecule has 0 aromatic carbocycles. The molecule has 0 rings (SSSR count). The lowest BCUT2D eigenvalue weighted by molar-refractivity contribution is -0.166. The minimum atomic E-state index is -0.837. The fourth-order valence-corrected chi connectivity index (χ4v) is 7.31. The number of carbonyl (C=O) groups excluding carboxylic acids is 3. The van der Waals surface area contributed by atoms with Crippen LogP contribution in [0.3, 0.4) is 0 Å². The lowest BCUT2D eigenvalue weighted by atomic mass is 10.1. The molecular formula is C66H104O6. The van der Waals surface area contributed by atoms with Crippen LogP contribution in [0.2, 0.25) is 0 Å². The van der Waals surface area contributed by atoms with Gasteiger partial charge in [-0.3, -0.25) is 14.4 Å². The molecule has 0 saturated carbocycles. The summed E-state index contributed by atoms with van der Waals surface area (Å²) in [5, 5.41) is 0. The van der Waals surface area contributed by atoms with E-state index < -0.39 is 6.10 Å². The molecule has 0 aliphatic rings. The van der Waals surface area contributed by atoms with Gasteiger partial charge in [-0.25, -0.2) is 0 Å². The summed E-state index contributed by atoms with van der Waals surface area (Å²) in [6, 6.07) is 0. The Balaban J connectivity index is 4.61. The van der Waals surface area contributed by atoms with Crippen LogP contribution in [-0.4, -0.2) is 37.2 Å². The van der Waals surface area contributed by atoms with E-state index in [2.05, 4.69) is 154 Å². The number of ether oxygens (including phenoxy) is 3. The summed E-state index contributed by atoms with van der Waals surface area (Å²) >= 11 is 0. The molecule has 0 N–H and O–H groups in total. The van der Waals surface area contributed by atoms with Gasteiger partial charge in [0, 0.05) is 19.3 Å². The predicted octanol–water partition coefficient (Wildman–Crippen LogP) is 19.6. The first kappa shape index (κ1) is 67.3. The highest BCUT2D eigenvalue weighted by atomic mass is 16.6. The summed E-state index contributed by atoms with van der Waals surface area (Å²) in [5.74, 6) is -1.06. The average Bonchev–Trinajstić information content (AvgIpc) is 3.38. The standard InChI is InChI=1S/C66H104O6/c1-4-7-10-13-16-19-22-25-28-31-33-35-38-41-44-47-50-53-56-59-65(68)71-62-63(61-70-64(67)58-55-52-49-46-43-40-37-30-27-24-21-18-15-12-9-6-3)72-66(69)60-57-54-51-48-45-42-39-36-34-32-29-26-23-20-17-14-11-8-5-2/h7-8,10-11,16-17,19-20,25-26,28-30,33-37,41-42,44-45,50,53,63H,4-6,9,12-15,18,21-24,27,31-32,38-40,43,46-49,51-52,54-62H2,1-3H3/b10-7-,11-8-,19-16-,20-17-,28-25-,29-26-,35-33-,36-34-,37-30-,44-41-,45-42-,53-50-. The van der Waals surface area contributed by atoms with Crippen molar-refractivity contribution in [3.05, 3.63) is 146 Å². The predicted molar refractivity (Wildman–Crippen MR) is 311 cm³/mol. The topological polar surface area (TPSA) is 78.9 Å². The Morgan fingerprint density at radius 3 is 0.958 bits per heavy atom. The quantitative estimate of drug-likeness (QED) is 0.0261. The maximum Gasteiger partial charge on any atom is 0.306 e. The first-order valence-corrected chi connectivity index (χ1v) is 28.8. The highest BCUT2D eigenvalue weighted by Crippen LogP contribution is 2.13. The van der Waals surface area contributed by atoms with Crippen molar-refractivity contribution < 1.29 is 28.6 Å². The van der Waals surface area contributed by atoms with Crippen molar-refractivity contribution in [1.82, 2.24) is 0 Å². The fraction of sp³-hybridized carbons (Fsp3) is 0.591.